The van der Waals surface area contributed by atoms with E-state index in [2.05, 4.69) is 59.5 Å². The largest absolute Gasteiger partial charge is 0.501 e. The number of hydrogen-bond donors (Lipinski definition) is 0. The van der Waals surface area contributed by atoms with Gasteiger partial charge in [0.2, 0.25) is 0 Å². The second-order valence-electron chi connectivity index (χ2n) is 14.8. The molecule has 0 fully saturated rings. The van der Waals surface area contributed by atoms with Crippen LogP contribution in [0.2, 0.25) is 13.1 Å². The zero-order valence-electron chi connectivity index (χ0n) is 39.2. The number of nitrogens with zero attached hydrogens (tertiary/aromatic N) is 2. The molecule has 0 aliphatic heterocycles. The summed E-state index contributed by atoms with van der Waals surface area (Å²) >= 11 is 0. The molecule has 0 saturated heterocycles. The van der Waals surface area contributed by atoms with Crippen LogP contribution < -0.4 is 10.4 Å². The van der Waals surface area contributed by atoms with Gasteiger partial charge >= 0.3 is 0 Å². The Labute approximate surface area is 350 Å². The summed E-state index contributed by atoms with van der Waals surface area (Å²) in [6.07, 6.45) is 1.50. The van der Waals surface area contributed by atoms with Gasteiger partial charge in [-0.05, 0) is 70.5 Å². The van der Waals surface area contributed by atoms with Crippen LogP contribution in [0.1, 0.15) is 48.4 Å². The number of aromatic nitrogens is 2. The van der Waals surface area contributed by atoms with Crippen molar-refractivity contribution in [2.45, 2.75) is 53.9 Å². The molecule has 0 spiro atoms. The Bertz CT molecular complexity index is 2860. The number of fused-ring (bicyclic) bond motifs is 3. The molecule has 55 heavy (non-hydrogen) atoms. The summed E-state index contributed by atoms with van der Waals surface area (Å²) in [5, 5.41) is 3.59. The first-order valence-electron chi connectivity index (χ1n) is 21.7. The van der Waals surface area contributed by atoms with Gasteiger partial charge in [-0.25, -0.2) is 4.39 Å². The summed E-state index contributed by atoms with van der Waals surface area (Å²) in [5.74, 6) is -0.323. The van der Waals surface area contributed by atoms with Crippen LogP contribution in [0.3, 0.4) is 0 Å². The zero-order chi connectivity index (χ0) is 44.8. The summed E-state index contributed by atoms with van der Waals surface area (Å²) in [6.45, 7) is 5.21. The van der Waals surface area contributed by atoms with Crippen LogP contribution in [0.5, 0.6) is 0 Å². The minimum Gasteiger partial charge on any atom is -0.501 e. The molecule has 1 radical (unpaired) electrons. The van der Waals surface area contributed by atoms with Crippen LogP contribution in [-0.4, -0.2) is 18.0 Å². The molecular formula is C49H45FIrN2OSi-2. The molecule has 3 nitrogen and oxygen atoms in total. The fourth-order valence-electron chi connectivity index (χ4n) is 6.52. The number of rotatable bonds is 6. The van der Waals surface area contributed by atoms with Gasteiger partial charge in [-0.15, -0.1) is 53.6 Å². The van der Waals surface area contributed by atoms with E-state index >= 15 is 0 Å². The standard InChI is InChI=1S/C32H25FNOSi.C17H20N.Ir/c1-21-20-34-29(19-31(21)36(2,3)25-15-13-24(33)14-16-25)28-11-7-10-27-26-17-12-23(18-30(26)35-32(27)28)22-8-5-4-6-9-22;1-13-5-8-15(9-6-13)16-10-7-14(12-18-16)11-17(2,3)4;/h4-10,12-20H,1-3H3;5-8,10,12H,11H2,1-4H3;/q2*-1;/i1D3;1D3,11D2;. The van der Waals surface area contributed by atoms with Crippen molar-refractivity contribution in [3.05, 3.63) is 168 Å². The first-order valence-corrected chi connectivity index (χ1v) is 20.7. The molecule has 8 aromatic rings. The molecule has 0 unspecified atom stereocenters. The van der Waals surface area contributed by atoms with E-state index in [1.54, 1.807) is 36.4 Å². The van der Waals surface area contributed by atoms with Gasteiger partial charge in [0.15, 0.2) is 0 Å². The molecule has 3 heterocycles. The SMILES string of the molecule is [2H]C([2H])([2H])c1c[c-]c(-c2ccc(C([2H])([2H])C(C)(C)C)cn2)cc1.[2H]C([2H])([2H])c1cnc(-c2[c-]ccc3c2oc2cc(-c4ccccc4)ccc23)cc1[Si](C)(C)c1ccc(F)cc1.[Ir]. The molecule has 6 heteroatoms. The third-order valence-electron chi connectivity index (χ3n) is 9.31. The molecular weight excluding hydrogens is 872 g/mol. The van der Waals surface area contributed by atoms with Gasteiger partial charge < -0.3 is 14.4 Å². The van der Waals surface area contributed by atoms with Crippen LogP contribution in [0.15, 0.2) is 138 Å². The summed E-state index contributed by atoms with van der Waals surface area (Å²) in [4.78, 5) is 8.90. The van der Waals surface area contributed by atoms with Gasteiger partial charge in [0.05, 0.1) is 5.58 Å². The van der Waals surface area contributed by atoms with Crippen molar-refractivity contribution in [1.82, 2.24) is 9.97 Å². The van der Waals surface area contributed by atoms with E-state index in [0.717, 1.165) is 37.9 Å². The Kier molecular flexibility index (Phi) is 9.01. The molecule has 0 aliphatic rings. The molecule has 3 aromatic heterocycles. The quantitative estimate of drug-likeness (QED) is 0.123. The Morgan fingerprint density at radius 3 is 2.24 bits per heavy atom. The van der Waals surface area contributed by atoms with Crippen molar-refractivity contribution in [3.63, 3.8) is 0 Å². The minimum atomic E-state index is -2.55. The van der Waals surface area contributed by atoms with Crippen LogP contribution in [0.4, 0.5) is 4.39 Å². The van der Waals surface area contributed by atoms with E-state index in [9.17, 15) is 4.39 Å². The summed E-state index contributed by atoms with van der Waals surface area (Å²) in [6, 6.07) is 42.7. The van der Waals surface area contributed by atoms with Gasteiger partial charge in [0.25, 0.3) is 0 Å². The topological polar surface area (TPSA) is 38.9 Å². The van der Waals surface area contributed by atoms with Crippen LogP contribution >= 0.6 is 0 Å². The van der Waals surface area contributed by atoms with Crippen LogP contribution in [0.25, 0.3) is 55.6 Å². The van der Waals surface area contributed by atoms with Gasteiger partial charge in [-0.1, -0.05) is 135 Å². The first-order chi connectivity index (χ1) is 29.1. The number of pyridine rings is 2. The number of aryl methyl sites for hydroxylation is 2. The van der Waals surface area contributed by atoms with Gasteiger partial charge in [0.1, 0.15) is 19.5 Å². The molecule has 0 amide bonds. The van der Waals surface area contributed by atoms with Gasteiger partial charge in [0, 0.05) is 48.9 Å². The summed E-state index contributed by atoms with van der Waals surface area (Å²) in [5.41, 5.74) is 6.59. The average Bonchev–Trinajstić information content (AvgIpc) is 3.61. The van der Waals surface area contributed by atoms with Gasteiger partial charge in [-0.2, -0.15) is 0 Å². The predicted molar refractivity (Wildman–Crippen MR) is 226 cm³/mol. The first kappa shape index (κ1) is 30.2. The number of hydrogen-bond acceptors (Lipinski definition) is 3. The summed E-state index contributed by atoms with van der Waals surface area (Å²) in [7, 11) is -2.55. The normalized spacial score (nSPS) is 14.4. The number of halogens is 1. The van der Waals surface area contributed by atoms with E-state index in [4.69, 9.17) is 15.4 Å². The maximum Gasteiger partial charge on any atom is 0.123 e. The monoisotopic (exact) mass is 925 g/mol. The van der Waals surface area contributed by atoms with Crippen molar-refractivity contribution >= 4 is 40.4 Å². The van der Waals surface area contributed by atoms with E-state index in [1.807, 2.05) is 63.2 Å². The molecule has 0 N–H and O–H groups in total. The number of furan rings is 1. The molecule has 0 saturated carbocycles. The maximum atomic E-state index is 13.7. The van der Waals surface area contributed by atoms with Gasteiger partial charge in [-0.3, -0.25) is 0 Å². The Morgan fingerprint density at radius 2 is 1.56 bits per heavy atom. The minimum absolute atomic E-state index is 0. The van der Waals surface area contributed by atoms with E-state index in [-0.39, 0.29) is 37.0 Å². The van der Waals surface area contributed by atoms with Crippen LogP contribution in [-0.2, 0) is 26.5 Å². The Morgan fingerprint density at radius 1 is 0.782 bits per heavy atom. The molecule has 0 atom stereocenters. The molecule has 0 bridgehead atoms. The third kappa shape index (κ3) is 8.94. The van der Waals surface area contributed by atoms with Crippen molar-refractivity contribution in [2.75, 3.05) is 0 Å². The number of benzene rings is 5. The fourth-order valence-corrected chi connectivity index (χ4v) is 9.06. The average molecular weight is 925 g/mol. The van der Waals surface area contributed by atoms with Crippen molar-refractivity contribution in [3.8, 4) is 33.6 Å². The van der Waals surface area contributed by atoms with Crippen molar-refractivity contribution < 1.29 is 39.9 Å². The zero-order valence-corrected chi connectivity index (χ0v) is 34.6. The second kappa shape index (κ2) is 16.4. The smallest absolute Gasteiger partial charge is 0.123 e. The second-order valence-corrected chi connectivity index (χ2v) is 19.2. The fraction of sp³-hybridized carbons (Fsp3) is 0.184. The summed E-state index contributed by atoms with van der Waals surface area (Å²) < 4.78 is 83.2. The predicted octanol–water partition coefficient (Wildman–Crippen LogP) is 11.8. The molecule has 8 rings (SSSR count). The van der Waals surface area contributed by atoms with Crippen LogP contribution in [0, 0.1) is 37.1 Å². The van der Waals surface area contributed by atoms with Crippen molar-refractivity contribution in [2.24, 2.45) is 5.41 Å². The van der Waals surface area contributed by atoms with E-state index in [0.29, 0.717) is 33.7 Å². The van der Waals surface area contributed by atoms with E-state index in [1.165, 1.54) is 30.6 Å². The molecule has 0 aliphatic carbocycles. The maximum absolute atomic E-state index is 13.7. The molecule has 5 aromatic carbocycles. The van der Waals surface area contributed by atoms with Crippen molar-refractivity contribution in [1.29, 1.82) is 0 Å². The Hall–Kier alpha value is -5.00. The Balaban J connectivity index is 0.000000236. The van der Waals surface area contributed by atoms with E-state index < -0.39 is 33.6 Å². The third-order valence-corrected chi connectivity index (χ3v) is 12.8. The molecule has 279 valence electrons.